The molecule has 2 aromatic carbocycles. The van der Waals surface area contributed by atoms with Gasteiger partial charge in [0, 0.05) is 26.6 Å². The number of anilines is 1. The lowest BCUT2D eigenvalue weighted by molar-refractivity contribution is -0.142. The molecule has 204 valence electrons. The van der Waals surface area contributed by atoms with Crippen LogP contribution in [0.15, 0.2) is 48.5 Å². The van der Waals surface area contributed by atoms with Crippen molar-refractivity contribution in [3.8, 4) is 5.75 Å². The minimum absolute atomic E-state index is 0.219. The Balaban J connectivity index is 1.28. The van der Waals surface area contributed by atoms with Gasteiger partial charge in [-0.25, -0.2) is 9.59 Å². The van der Waals surface area contributed by atoms with Gasteiger partial charge in [0.25, 0.3) is 5.91 Å². The number of amides is 1. The summed E-state index contributed by atoms with van der Waals surface area (Å²) in [6.45, 7) is 1.89. The van der Waals surface area contributed by atoms with Gasteiger partial charge in [-0.15, -0.1) is 11.3 Å². The van der Waals surface area contributed by atoms with Crippen molar-refractivity contribution in [1.82, 2.24) is 0 Å². The van der Waals surface area contributed by atoms with Crippen molar-refractivity contribution in [2.45, 2.75) is 32.8 Å². The molecule has 1 amide bonds. The van der Waals surface area contributed by atoms with E-state index in [0.717, 1.165) is 35.3 Å². The van der Waals surface area contributed by atoms with Crippen LogP contribution in [-0.2, 0) is 38.5 Å². The predicted octanol–water partition coefficient (Wildman–Crippen LogP) is 6.74. The van der Waals surface area contributed by atoms with Crippen LogP contribution in [0.4, 0.5) is 5.00 Å². The summed E-state index contributed by atoms with van der Waals surface area (Å²) in [4.78, 5) is 38.1. The van der Waals surface area contributed by atoms with Crippen LogP contribution >= 0.6 is 34.5 Å². The Bertz CT molecular complexity index is 1380. The molecule has 1 unspecified atom stereocenters. The van der Waals surface area contributed by atoms with Gasteiger partial charge in [-0.05, 0) is 66.6 Å². The Kier molecular flexibility index (Phi) is 9.67. The van der Waals surface area contributed by atoms with Crippen molar-refractivity contribution in [2.24, 2.45) is 5.92 Å². The Morgan fingerprint density at radius 1 is 1.10 bits per heavy atom. The number of carbonyl (C=O) groups is 3. The number of thiophene rings is 1. The maximum atomic E-state index is 12.5. The third kappa shape index (κ3) is 7.41. The number of fused-ring (bicyclic) bond motifs is 1. The summed E-state index contributed by atoms with van der Waals surface area (Å²) in [6.07, 6.45) is 5.38. The van der Waals surface area contributed by atoms with E-state index in [0.29, 0.717) is 37.8 Å². The highest BCUT2D eigenvalue weighted by Gasteiger charge is 2.29. The summed E-state index contributed by atoms with van der Waals surface area (Å²) >= 11 is 13.7. The van der Waals surface area contributed by atoms with Gasteiger partial charge in [0.2, 0.25) is 0 Å². The largest absolute Gasteiger partial charge is 0.489 e. The topological polar surface area (TPSA) is 90.9 Å². The molecule has 0 fully saturated rings. The summed E-state index contributed by atoms with van der Waals surface area (Å²) in [5.74, 6) is -0.575. The van der Waals surface area contributed by atoms with Crippen LogP contribution in [0.5, 0.6) is 5.75 Å². The highest BCUT2D eigenvalue weighted by atomic mass is 35.5. The number of hydrogen-bond acceptors (Lipinski definition) is 7. The second-order valence-corrected chi connectivity index (χ2v) is 11.0. The van der Waals surface area contributed by atoms with Crippen LogP contribution in [-0.4, -0.2) is 31.6 Å². The van der Waals surface area contributed by atoms with Gasteiger partial charge in [-0.1, -0.05) is 48.3 Å². The van der Waals surface area contributed by atoms with Gasteiger partial charge in [-0.3, -0.25) is 4.79 Å². The third-order valence-electron chi connectivity index (χ3n) is 6.24. The van der Waals surface area contributed by atoms with E-state index in [9.17, 15) is 14.4 Å². The number of nitrogens with one attached hydrogen (secondary N) is 1. The van der Waals surface area contributed by atoms with Crippen molar-refractivity contribution in [3.05, 3.63) is 85.7 Å². The van der Waals surface area contributed by atoms with Crippen molar-refractivity contribution in [2.75, 3.05) is 19.0 Å². The molecule has 0 spiro atoms. The number of esters is 2. The number of carbonyl (C=O) groups excluding carboxylic acids is 3. The van der Waals surface area contributed by atoms with E-state index in [1.165, 1.54) is 24.5 Å². The average Bonchev–Trinajstić information content (AvgIpc) is 3.27. The van der Waals surface area contributed by atoms with Crippen LogP contribution in [0.25, 0.3) is 6.08 Å². The van der Waals surface area contributed by atoms with Gasteiger partial charge < -0.3 is 19.5 Å². The minimum Gasteiger partial charge on any atom is -0.489 e. The first-order valence-electron chi connectivity index (χ1n) is 12.3. The van der Waals surface area contributed by atoms with E-state index in [2.05, 4.69) is 12.2 Å². The number of halogens is 2. The molecule has 0 saturated heterocycles. The van der Waals surface area contributed by atoms with E-state index >= 15 is 0 Å². The van der Waals surface area contributed by atoms with E-state index in [1.807, 2.05) is 0 Å². The molecule has 1 atom stereocenters. The highest BCUT2D eigenvalue weighted by molar-refractivity contribution is 7.17. The maximum Gasteiger partial charge on any atom is 0.341 e. The number of hydrogen-bond donors (Lipinski definition) is 1. The van der Waals surface area contributed by atoms with E-state index in [1.54, 1.807) is 48.5 Å². The van der Waals surface area contributed by atoms with Gasteiger partial charge in [0.15, 0.2) is 6.61 Å². The van der Waals surface area contributed by atoms with Crippen LogP contribution in [0.1, 0.15) is 45.3 Å². The van der Waals surface area contributed by atoms with Crippen molar-refractivity contribution in [3.63, 3.8) is 0 Å². The lowest BCUT2D eigenvalue weighted by atomic mass is 9.88. The van der Waals surface area contributed by atoms with Crippen molar-refractivity contribution >= 4 is 63.5 Å². The first-order valence-corrected chi connectivity index (χ1v) is 13.9. The molecule has 1 N–H and O–H groups in total. The summed E-state index contributed by atoms with van der Waals surface area (Å²) in [7, 11) is 1.31. The smallest absolute Gasteiger partial charge is 0.341 e. The zero-order valence-electron chi connectivity index (χ0n) is 21.4. The highest BCUT2D eigenvalue weighted by Crippen LogP contribution is 2.40. The zero-order chi connectivity index (χ0) is 27.9. The van der Waals surface area contributed by atoms with Crippen molar-refractivity contribution in [1.29, 1.82) is 0 Å². The summed E-state index contributed by atoms with van der Waals surface area (Å²) in [5, 5.41) is 4.20. The first-order chi connectivity index (χ1) is 18.7. The summed E-state index contributed by atoms with van der Waals surface area (Å²) in [5.41, 5.74) is 2.77. The third-order valence-corrected chi connectivity index (χ3v) is 8.11. The normalized spacial score (nSPS) is 14.5. The second kappa shape index (κ2) is 13.2. The summed E-state index contributed by atoms with van der Waals surface area (Å²) in [6, 6.07) is 12.3. The van der Waals surface area contributed by atoms with Gasteiger partial charge >= 0.3 is 11.9 Å². The predicted molar refractivity (Wildman–Crippen MR) is 153 cm³/mol. The SMILES string of the molecule is COC(=O)c1c(NC(=O)COC(=O)/C=C/c2ccc(OCc3c(Cl)cccc3Cl)cc2)sc2c1CCC(C)C2. The molecule has 3 aromatic rings. The second-order valence-electron chi connectivity index (χ2n) is 9.09. The zero-order valence-corrected chi connectivity index (χ0v) is 23.8. The molecule has 1 aromatic heterocycles. The molecule has 1 heterocycles. The standard InChI is InChI=1S/C29H27Cl2NO6S/c1-17-6-12-20-24(14-17)39-28(27(20)29(35)36-2)32-25(33)16-38-26(34)13-9-18-7-10-19(11-8-18)37-15-21-22(30)4-3-5-23(21)31/h3-5,7-11,13,17H,6,12,14-16H2,1-2H3,(H,32,33)/b13-9+. The molecule has 7 nitrogen and oxygen atoms in total. The maximum absolute atomic E-state index is 12.5. The van der Waals surface area contributed by atoms with Gasteiger partial charge in [-0.2, -0.15) is 0 Å². The van der Waals surface area contributed by atoms with Crippen molar-refractivity contribution < 1.29 is 28.6 Å². The molecular weight excluding hydrogens is 561 g/mol. The van der Waals surface area contributed by atoms with Crippen LogP contribution in [0.2, 0.25) is 10.0 Å². The Hall–Kier alpha value is -3.33. The van der Waals surface area contributed by atoms with Crippen LogP contribution in [0.3, 0.4) is 0 Å². The number of ether oxygens (including phenoxy) is 3. The fourth-order valence-electron chi connectivity index (χ4n) is 4.17. The fraction of sp³-hybridized carbons (Fsp3) is 0.276. The molecule has 10 heteroatoms. The monoisotopic (exact) mass is 587 g/mol. The van der Waals surface area contributed by atoms with E-state index < -0.39 is 24.5 Å². The molecule has 1 aliphatic carbocycles. The molecule has 39 heavy (non-hydrogen) atoms. The first kappa shape index (κ1) is 28.7. The molecule has 4 rings (SSSR count). The quantitative estimate of drug-likeness (QED) is 0.220. The van der Waals surface area contributed by atoms with Crippen LogP contribution in [0, 0.1) is 5.92 Å². The van der Waals surface area contributed by atoms with E-state index in [4.69, 9.17) is 37.4 Å². The lowest BCUT2D eigenvalue weighted by Crippen LogP contribution is -2.21. The van der Waals surface area contributed by atoms with Gasteiger partial charge in [0.1, 0.15) is 17.4 Å². The summed E-state index contributed by atoms with van der Waals surface area (Å²) < 4.78 is 15.8. The molecule has 0 saturated carbocycles. The number of benzene rings is 2. The molecular formula is C29H27Cl2NO6S. The molecule has 0 bridgehead atoms. The Labute approximate surface area is 240 Å². The number of methoxy groups -OCH3 is 1. The average molecular weight is 589 g/mol. The molecule has 0 aliphatic heterocycles. The number of rotatable bonds is 9. The van der Waals surface area contributed by atoms with Gasteiger partial charge in [0.05, 0.1) is 12.7 Å². The Morgan fingerprint density at radius 2 is 1.82 bits per heavy atom. The fourth-order valence-corrected chi connectivity index (χ4v) is 6.09. The van der Waals surface area contributed by atoms with Crippen LogP contribution < -0.4 is 10.1 Å². The molecule has 1 aliphatic rings. The molecule has 0 radical (unpaired) electrons. The Morgan fingerprint density at radius 3 is 2.51 bits per heavy atom. The lowest BCUT2D eigenvalue weighted by Gasteiger charge is -2.18. The minimum atomic E-state index is -0.675. The van der Waals surface area contributed by atoms with E-state index in [-0.39, 0.29) is 6.61 Å².